The maximum atomic E-state index is 12.4. The predicted molar refractivity (Wildman–Crippen MR) is 133 cm³/mol. The van der Waals surface area contributed by atoms with Gasteiger partial charge in [-0.15, -0.1) is 0 Å². The Morgan fingerprint density at radius 3 is 2.64 bits per heavy atom. The molecule has 1 N–H and O–H groups in total. The van der Waals surface area contributed by atoms with E-state index in [0.29, 0.717) is 18.2 Å². The molecule has 0 atom stereocenters. The van der Waals surface area contributed by atoms with Crippen LogP contribution in [0.15, 0.2) is 58.3 Å². The minimum atomic E-state index is -0.111. The van der Waals surface area contributed by atoms with Gasteiger partial charge in [0.1, 0.15) is 11.6 Å². The van der Waals surface area contributed by atoms with Crippen molar-refractivity contribution in [1.82, 2.24) is 15.3 Å². The van der Waals surface area contributed by atoms with Crippen molar-refractivity contribution in [1.29, 1.82) is 0 Å². The van der Waals surface area contributed by atoms with Gasteiger partial charge in [-0.1, -0.05) is 50.1 Å². The number of carbonyl (C=O) groups excluding carboxylic acids is 1. The zero-order chi connectivity index (χ0) is 23.0. The lowest BCUT2D eigenvalue weighted by Crippen LogP contribution is -2.34. The van der Waals surface area contributed by atoms with Crippen LogP contribution in [0.4, 0.5) is 5.82 Å². The number of hydrogen-bond acceptors (Lipinski definition) is 6. The van der Waals surface area contributed by atoms with Gasteiger partial charge in [0, 0.05) is 36.2 Å². The van der Waals surface area contributed by atoms with Crippen LogP contribution in [0, 0.1) is 0 Å². The molecule has 0 saturated heterocycles. The van der Waals surface area contributed by atoms with E-state index in [2.05, 4.69) is 30.3 Å². The number of furan rings is 1. The van der Waals surface area contributed by atoms with Gasteiger partial charge in [-0.05, 0) is 49.1 Å². The highest BCUT2D eigenvalue weighted by atomic mass is 32.2. The molecule has 0 spiro atoms. The SMILES string of the molecule is CCc1cc(N(C)C2CCCCC2)nc(SCc2ccc(C(=O)NCc3ccco3)cc2)n1. The molecule has 0 bridgehead atoms. The first-order valence-corrected chi connectivity index (χ1v) is 12.7. The highest BCUT2D eigenvalue weighted by molar-refractivity contribution is 7.98. The number of rotatable bonds is 9. The summed E-state index contributed by atoms with van der Waals surface area (Å²) in [7, 11) is 2.17. The lowest BCUT2D eigenvalue weighted by Gasteiger charge is -2.32. The first-order chi connectivity index (χ1) is 16.1. The number of anilines is 1. The molecule has 7 heteroatoms. The van der Waals surface area contributed by atoms with Gasteiger partial charge in [0.25, 0.3) is 5.91 Å². The quantitative estimate of drug-likeness (QED) is 0.327. The summed E-state index contributed by atoms with van der Waals surface area (Å²) in [6, 6.07) is 14.1. The Morgan fingerprint density at radius 2 is 1.94 bits per heavy atom. The minimum Gasteiger partial charge on any atom is -0.467 e. The van der Waals surface area contributed by atoms with E-state index in [1.165, 1.54) is 32.1 Å². The van der Waals surface area contributed by atoms with Gasteiger partial charge in [0.05, 0.1) is 12.8 Å². The van der Waals surface area contributed by atoms with Crippen LogP contribution in [0.5, 0.6) is 0 Å². The Labute approximate surface area is 200 Å². The van der Waals surface area contributed by atoms with Crippen molar-refractivity contribution in [2.24, 2.45) is 0 Å². The monoisotopic (exact) mass is 464 g/mol. The summed E-state index contributed by atoms with van der Waals surface area (Å²) >= 11 is 1.64. The smallest absolute Gasteiger partial charge is 0.251 e. The van der Waals surface area contributed by atoms with Gasteiger partial charge in [-0.2, -0.15) is 0 Å². The van der Waals surface area contributed by atoms with Crippen LogP contribution in [-0.4, -0.2) is 29.0 Å². The zero-order valence-electron chi connectivity index (χ0n) is 19.4. The molecule has 1 amide bonds. The average Bonchev–Trinajstić information content (AvgIpc) is 3.40. The maximum Gasteiger partial charge on any atom is 0.251 e. The molecular formula is C26H32N4O2S. The molecule has 1 aliphatic rings. The molecular weight excluding hydrogens is 432 g/mol. The van der Waals surface area contributed by atoms with Crippen molar-refractivity contribution < 1.29 is 9.21 Å². The normalized spacial score (nSPS) is 14.2. The molecule has 0 unspecified atom stereocenters. The zero-order valence-corrected chi connectivity index (χ0v) is 20.2. The van der Waals surface area contributed by atoms with E-state index < -0.39 is 0 Å². The number of hydrogen-bond donors (Lipinski definition) is 1. The van der Waals surface area contributed by atoms with Crippen molar-refractivity contribution in [2.75, 3.05) is 11.9 Å². The van der Waals surface area contributed by atoms with Crippen molar-refractivity contribution in [2.45, 2.75) is 68.9 Å². The third-order valence-corrected chi connectivity index (χ3v) is 7.10. The van der Waals surface area contributed by atoms with E-state index in [1.807, 2.05) is 36.4 Å². The molecule has 1 fully saturated rings. The summed E-state index contributed by atoms with van der Waals surface area (Å²) in [6.07, 6.45) is 8.93. The number of benzene rings is 1. The first-order valence-electron chi connectivity index (χ1n) is 11.8. The highest BCUT2D eigenvalue weighted by Gasteiger charge is 2.20. The summed E-state index contributed by atoms with van der Waals surface area (Å²) < 4.78 is 5.25. The van der Waals surface area contributed by atoms with Crippen molar-refractivity contribution in [3.8, 4) is 0 Å². The molecule has 4 rings (SSSR count). The Morgan fingerprint density at radius 1 is 1.15 bits per heavy atom. The van der Waals surface area contributed by atoms with Crippen LogP contribution >= 0.6 is 11.8 Å². The number of nitrogens with zero attached hydrogens (tertiary/aromatic N) is 3. The second-order valence-corrected chi connectivity index (χ2v) is 9.45. The molecule has 1 saturated carbocycles. The molecule has 2 heterocycles. The van der Waals surface area contributed by atoms with Crippen molar-refractivity contribution in [3.05, 3.63) is 71.3 Å². The maximum absolute atomic E-state index is 12.4. The third-order valence-electron chi connectivity index (χ3n) is 6.18. The minimum absolute atomic E-state index is 0.111. The van der Waals surface area contributed by atoms with Crippen LogP contribution in [0.3, 0.4) is 0 Å². The standard InChI is InChI=1S/C26H32N4O2S/c1-3-21-16-24(30(2)22-8-5-4-6-9-22)29-26(28-21)33-18-19-11-13-20(14-12-19)25(31)27-17-23-10-7-15-32-23/h7,10-16,22H,3-6,8-9,17-18H2,1-2H3,(H,27,31). The van der Waals surface area contributed by atoms with E-state index >= 15 is 0 Å². The lowest BCUT2D eigenvalue weighted by molar-refractivity contribution is 0.0948. The molecule has 174 valence electrons. The number of aryl methyl sites for hydroxylation is 1. The summed E-state index contributed by atoms with van der Waals surface area (Å²) in [6.45, 7) is 2.52. The Bertz CT molecular complexity index is 1030. The molecule has 2 aromatic heterocycles. The fourth-order valence-electron chi connectivity index (χ4n) is 4.12. The fourth-order valence-corrected chi connectivity index (χ4v) is 4.95. The number of thioether (sulfide) groups is 1. The molecule has 1 aliphatic carbocycles. The van der Waals surface area contributed by atoms with Crippen LogP contribution < -0.4 is 10.2 Å². The van der Waals surface area contributed by atoms with Crippen LogP contribution in [-0.2, 0) is 18.7 Å². The number of amides is 1. The van der Waals surface area contributed by atoms with Crippen LogP contribution in [0.1, 0.15) is 66.4 Å². The van der Waals surface area contributed by atoms with Crippen molar-refractivity contribution in [3.63, 3.8) is 0 Å². The summed E-state index contributed by atoms with van der Waals surface area (Å²) in [5.41, 5.74) is 2.85. The van der Waals surface area contributed by atoms with Gasteiger partial charge >= 0.3 is 0 Å². The second kappa shape index (κ2) is 11.4. The van der Waals surface area contributed by atoms with E-state index in [9.17, 15) is 4.79 Å². The van der Waals surface area contributed by atoms with Gasteiger partial charge in [-0.3, -0.25) is 4.79 Å². The van der Waals surface area contributed by atoms with Crippen molar-refractivity contribution >= 4 is 23.5 Å². The highest BCUT2D eigenvalue weighted by Crippen LogP contribution is 2.28. The number of aromatic nitrogens is 2. The summed E-state index contributed by atoms with van der Waals surface area (Å²) in [5.74, 6) is 2.41. The van der Waals surface area contributed by atoms with E-state index in [0.717, 1.165) is 40.2 Å². The van der Waals surface area contributed by atoms with Gasteiger partial charge in [-0.25, -0.2) is 9.97 Å². The van der Waals surface area contributed by atoms with E-state index in [4.69, 9.17) is 14.4 Å². The predicted octanol–water partition coefficient (Wildman–Crippen LogP) is 5.62. The molecule has 1 aromatic carbocycles. The molecule has 0 aliphatic heterocycles. The van der Waals surface area contributed by atoms with E-state index in [1.54, 1.807) is 18.0 Å². The largest absolute Gasteiger partial charge is 0.467 e. The van der Waals surface area contributed by atoms with E-state index in [-0.39, 0.29) is 5.91 Å². The topological polar surface area (TPSA) is 71.3 Å². The molecule has 6 nitrogen and oxygen atoms in total. The summed E-state index contributed by atoms with van der Waals surface area (Å²) in [5, 5.41) is 3.68. The molecule has 33 heavy (non-hydrogen) atoms. The first kappa shape index (κ1) is 23.4. The third kappa shape index (κ3) is 6.38. The summed E-state index contributed by atoms with van der Waals surface area (Å²) in [4.78, 5) is 24.3. The van der Waals surface area contributed by atoms with Crippen LogP contribution in [0.25, 0.3) is 0 Å². The van der Waals surface area contributed by atoms with Gasteiger partial charge in [0.2, 0.25) is 0 Å². The van der Waals surface area contributed by atoms with Gasteiger partial charge in [0.15, 0.2) is 5.16 Å². The molecule has 3 aromatic rings. The van der Waals surface area contributed by atoms with Crippen LogP contribution in [0.2, 0.25) is 0 Å². The Balaban J connectivity index is 1.36. The Kier molecular flexibility index (Phi) is 8.05. The van der Waals surface area contributed by atoms with Gasteiger partial charge < -0.3 is 14.6 Å². The lowest BCUT2D eigenvalue weighted by atomic mass is 9.94. The Hall–Kier alpha value is -2.80. The average molecular weight is 465 g/mol. The fraction of sp³-hybridized carbons (Fsp3) is 0.423. The number of carbonyl (C=O) groups is 1. The second-order valence-electron chi connectivity index (χ2n) is 8.50. The molecule has 0 radical (unpaired) electrons. The number of nitrogens with one attached hydrogen (secondary N) is 1.